The van der Waals surface area contributed by atoms with Crippen LogP contribution in [0.4, 0.5) is 0 Å². The molecule has 2 aromatic rings. The standard InChI is InChI=1S/C13H13N5O3/c14-11(20)7-2-1-3-8-10(7)17-12(16-8)13(21)18-5-4-15-9(19)6-18/h1-3H,4-6H2,(H2,14,20)(H,15,19)(H,16,17). The number of nitrogens with two attached hydrogens (primary N) is 1. The maximum atomic E-state index is 12.3. The fourth-order valence-corrected chi connectivity index (χ4v) is 2.29. The number of benzene rings is 1. The molecule has 1 aliphatic rings. The number of nitrogens with zero attached hydrogens (tertiary/aromatic N) is 2. The Bertz CT molecular complexity index is 751. The van der Waals surface area contributed by atoms with Gasteiger partial charge in [0.05, 0.1) is 11.1 Å². The molecule has 8 nitrogen and oxygen atoms in total. The highest BCUT2D eigenvalue weighted by Gasteiger charge is 2.25. The van der Waals surface area contributed by atoms with Gasteiger partial charge in [-0.3, -0.25) is 14.4 Å². The van der Waals surface area contributed by atoms with Gasteiger partial charge in [-0.05, 0) is 12.1 Å². The van der Waals surface area contributed by atoms with Gasteiger partial charge in [0, 0.05) is 13.1 Å². The Kier molecular flexibility index (Phi) is 3.05. The predicted molar refractivity (Wildman–Crippen MR) is 73.5 cm³/mol. The van der Waals surface area contributed by atoms with Gasteiger partial charge in [-0.25, -0.2) is 4.98 Å². The molecule has 1 aromatic carbocycles. The number of fused-ring (bicyclic) bond motifs is 1. The molecule has 3 rings (SSSR count). The third kappa shape index (κ3) is 2.31. The molecule has 1 fully saturated rings. The summed E-state index contributed by atoms with van der Waals surface area (Å²) in [6, 6.07) is 4.91. The summed E-state index contributed by atoms with van der Waals surface area (Å²) in [5, 5.41) is 2.64. The van der Waals surface area contributed by atoms with Crippen LogP contribution in [0.2, 0.25) is 0 Å². The molecule has 1 saturated heterocycles. The summed E-state index contributed by atoms with van der Waals surface area (Å²) < 4.78 is 0. The molecule has 0 radical (unpaired) electrons. The van der Waals surface area contributed by atoms with E-state index in [1.807, 2.05) is 0 Å². The molecule has 4 N–H and O–H groups in total. The number of para-hydroxylation sites is 1. The molecule has 1 aliphatic heterocycles. The van der Waals surface area contributed by atoms with E-state index in [0.29, 0.717) is 24.1 Å². The van der Waals surface area contributed by atoms with Crippen LogP contribution in [0.25, 0.3) is 11.0 Å². The number of piperazine rings is 1. The van der Waals surface area contributed by atoms with Crippen molar-refractivity contribution in [2.45, 2.75) is 0 Å². The molecule has 0 bridgehead atoms. The molecule has 108 valence electrons. The number of aromatic amines is 1. The Hall–Kier alpha value is -2.90. The largest absolute Gasteiger partial charge is 0.366 e. The average Bonchev–Trinajstić information content (AvgIpc) is 2.89. The second-order valence-electron chi connectivity index (χ2n) is 4.73. The predicted octanol–water partition coefficient (Wildman–Crippen LogP) is -0.766. The van der Waals surface area contributed by atoms with E-state index in [4.69, 9.17) is 5.73 Å². The SMILES string of the molecule is NC(=O)c1cccc2[nH]c(C(=O)N3CCNC(=O)C3)nc12. The zero-order valence-corrected chi connectivity index (χ0v) is 11.0. The lowest BCUT2D eigenvalue weighted by atomic mass is 10.2. The van der Waals surface area contributed by atoms with Crippen molar-refractivity contribution in [3.05, 3.63) is 29.6 Å². The zero-order valence-electron chi connectivity index (χ0n) is 11.0. The van der Waals surface area contributed by atoms with Crippen molar-refractivity contribution in [3.63, 3.8) is 0 Å². The van der Waals surface area contributed by atoms with Crippen molar-refractivity contribution < 1.29 is 14.4 Å². The number of primary amides is 1. The molecule has 0 atom stereocenters. The van der Waals surface area contributed by atoms with Gasteiger partial charge in [0.1, 0.15) is 12.1 Å². The Morgan fingerprint density at radius 2 is 2.14 bits per heavy atom. The Labute approximate surface area is 119 Å². The fourth-order valence-electron chi connectivity index (χ4n) is 2.29. The lowest BCUT2D eigenvalue weighted by molar-refractivity contribution is -0.123. The van der Waals surface area contributed by atoms with Crippen LogP contribution in [0.3, 0.4) is 0 Å². The van der Waals surface area contributed by atoms with Crippen molar-refractivity contribution in [2.24, 2.45) is 5.73 Å². The summed E-state index contributed by atoms with van der Waals surface area (Å²) in [6.45, 7) is 0.834. The quantitative estimate of drug-likeness (QED) is 0.671. The first kappa shape index (κ1) is 13.1. The number of carbonyl (C=O) groups is 3. The van der Waals surface area contributed by atoms with Crippen molar-refractivity contribution in [1.29, 1.82) is 0 Å². The van der Waals surface area contributed by atoms with Gasteiger partial charge in [-0.1, -0.05) is 6.07 Å². The molecule has 0 unspecified atom stereocenters. The zero-order chi connectivity index (χ0) is 15.0. The van der Waals surface area contributed by atoms with Crippen LogP contribution in [-0.2, 0) is 4.79 Å². The number of hydrogen-bond acceptors (Lipinski definition) is 4. The molecule has 8 heteroatoms. The molecular weight excluding hydrogens is 274 g/mol. The highest BCUT2D eigenvalue weighted by atomic mass is 16.2. The van der Waals surface area contributed by atoms with Crippen molar-refractivity contribution in [3.8, 4) is 0 Å². The van der Waals surface area contributed by atoms with Gasteiger partial charge in [0.25, 0.3) is 11.8 Å². The number of carbonyl (C=O) groups excluding carboxylic acids is 3. The molecule has 0 spiro atoms. The Morgan fingerprint density at radius 1 is 1.33 bits per heavy atom. The second kappa shape index (κ2) is 4.89. The van der Waals surface area contributed by atoms with Gasteiger partial charge in [0.2, 0.25) is 5.91 Å². The third-order valence-corrected chi connectivity index (χ3v) is 3.31. The summed E-state index contributed by atoms with van der Waals surface area (Å²) in [6.07, 6.45) is 0. The fraction of sp³-hybridized carbons (Fsp3) is 0.231. The number of aromatic nitrogens is 2. The van der Waals surface area contributed by atoms with Crippen LogP contribution < -0.4 is 11.1 Å². The summed E-state index contributed by atoms with van der Waals surface area (Å²) in [5.41, 5.74) is 6.44. The number of H-pyrrole nitrogens is 1. The lowest BCUT2D eigenvalue weighted by Crippen LogP contribution is -2.50. The minimum absolute atomic E-state index is 0.00143. The summed E-state index contributed by atoms with van der Waals surface area (Å²) in [7, 11) is 0. The highest BCUT2D eigenvalue weighted by Crippen LogP contribution is 2.17. The van der Waals surface area contributed by atoms with Crippen LogP contribution in [0, 0.1) is 0 Å². The van der Waals surface area contributed by atoms with Gasteiger partial charge < -0.3 is 20.9 Å². The van der Waals surface area contributed by atoms with Crippen LogP contribution in [0.5, 0.6) is 0 Å². The smallest absolute Gasteiger partial charge is 0.290 e. The number of amides is 3. The second-order valence-corrected chi connectivity index (χ2v) is 4.73. The van der Waals surface area contributed by atoms with Crippen LogP contribution in [-0.4, -0.2) is 52.2 Å². The van der Waals surface area contributed by atoms with E-state index in [1.165, 1.54) is 4.90 Å². The van der Waals surface area contributed by atoms with Crippen molar-refractivity contribution in [1.82, 2.24) is 20.2 Å². The average molecular weight is 287 g/mol. The summed E-state index contributed by atoms with van der Waals surface area (Å²) >= 11 is 0. The minimum Gasteiger partial charge on any atom is -0.366 e. The number of hydrogen-bond donors (Lipinski definition) is 3. The number of imidazole rings is 1. The van der Waals surface area contributed by atoms with E-state index in [0.717, 1.165) is 0 Å². The minimum atomic E-state index is -0.608. The molecular formula is C13H13N5O3. The lowest BCUT2D eigenvalue weighted by Gasteiger charge is -2.25. The van der Waals surface area contributed by atoms with Crippen LogP contribution in [0.1, 0.15) is 21.0 Å². The van der Waals surface area contributed by atoms with E-state index < -0.39 is 5.91 Å². The van der Waals surface area contributed by atoms with Crippen molar-refractivity contribution in [2.75, 3.05) is 19.6 Å². The van der Waals surface area contributed by atoms with E-state index in [1.54, 1.807) is 18.2 Å². The van der Waals surface area contributed by atoms with E-state index in [2.05, 4.69) is 15.3 Å². The maximum absolute atomic E-state index is 12.3. The Morgan fingerprint density at radius 3 is 2.86 bits per heavy atom. The molecule has 0 saturated carbocycles. The molecule has 1 aromatic heterocycles. The highest BCUT2D eigenvalue weighted by molar-refractivity contribution is 6.05. The van der Waals surface area contributed by atoms with Crippen LogP contribution >= 0.6 is 0 Å². The number of rotatable bonds is 2. The Balaban J connectivity index is 1.97. The molecule has 0 aliphatic carbocycles. The van der Waals surface area contributed by atoms with E-state index in [-0.39, 0.29) is 29.7 Å². The van der Waals surface area contributed by atoms with Gasteiger partial charge in [-0.2, -0.15) is 0 Å². The van der Waals surface area contributed by atoms with Crippen molar-refractivity contribution >= 4 is 28.8 Å². The first-order valence-corrected chi connectivity index (χ1v) is 6.41. The van der Waals surface area contributed by atoms with E-state index in [9.17, 15) is 14.4 Å². The molecule has 3 amide bonds. The first-order valence-electron chi connectivity index (χ1n) is 6.41. The first-order chi connectivity index (χ1) is 10.1. The maximum Gasteiger partial charge on any atom is 0.290 e. The van der Waals surface area contributed by atoms with Crippen LogP contribution in [0.15, 0.2) is 18.2 Å². The van der Waals surface area contributed by atoms with Gasteiger partial charge in [0.15, 0.2) is 5.82 Å². The molecule has 21 heavy (non-hydrogen) atoms. The van der Waals surface area contributed by atoms with E-state index >= 15 is 0 Å². The number of nitrogens with one attached hydrogen (secondary N) is 2. The monoisotopic (exact) mass is 287 g/mol. The third-order valence-electron chi connectivity index (χ3n) is 3.31. The summed E-state index contributed by atoms with van der Waals surface area (Å²) in [5.74, 6) is -1.10. The molecule has 2 heterocycles. The normalized spacial score (nSPS) is 15.0. The summed E-state index contributed by atoms with van der Waals surface area (Å²) in [4.78, 5) is 43.4. The van der Waals surface area contributed by atoms with Gasteiger partial charge >= 0.3 is 0 Å². The topological polar surface area (TPSA) is 121 Å². The van der Waals surface area contributed by atoms with Gasteiger partial charge in [-0.15, -0.1) is 0 Å².